The Balaban J connectivity index is 1.71. The highest BCUT2D eigenvalue weighted by molar-refractivity contribution is 5.95. The predicted molar refractivity (Wildman–Crippen MR) is 99.9 cm³/mol. The maximum atomic E-state index is 12.5. The van der Waals surface area contributed by atoms with Gasteiger partial charge < -0.3 is 15.8 Å². The molecule has 27 heavy (non-hydrogen) atoms. The van der Waals surface area contributed by atoms with Crippen LogP contribution in [-0.4, -0.2) is 42.4 Å². The number of nitrogens with zero attached hydrogens (tertiary/aromatic N) is 1. The number of esters is 1. The second-order valence-corrected chi connectivity index (χ2v) is 6.41. The fourth-order valence-corrected chi connectivity index (χ4v) is 3.21. The fourth-order valence-electron chi connectivity index (χ4n) is 3.21. The number of carbonyl (C=O) groups excluding carboxylic acids is 3. The molecule has 0 saturated carbocycles. The highest BCUT2D eigenvalue weighted by Crippen LogP contribution is 2.24. The highest BCUT2D eigenvalue weighted by atomic mass is 16.5. The first-order valence-corrected chi connectivity index (χ1v) is 8.56. The van der Waals surface area contributed by atoms with Crippen LogP contribution < -0.4 is 11.1 Å². The summed E-state index contributed by atoms with van der Waals surface area (Å²) in [5.74, 6) is -1.14. The van der Waals surface area contributed by atoms with Crippen LogP contribution in [0.5, 0.6) is 0 Å². The van der Waals surface area contributed by atoms with Gasteiger partial charge in [-0.1, -0.05) is 24.3 Å². The van der Waals surface area contributed by atoms with E-state index < -0.39 is 11.9 Å². The van der Waals surface area contributed by atoms with E-state index in [1.807, 2.05) is 24.3 Å². The molecule has 0 unspecified atom stereocenters. The van der Waals surface area contributed by atoms with Gasteiger partial charge in [0.15, 0.2) is 0 Å². The molecule has 2 aromatic carbocycles. The first kappa shape index (κ1) is 18.6. The Hall–Kier alpha value is -3.19. The highest BCUT2D eigenvalue weighted by Gasteiger charge is 2.33. The van der Waals surface area contributed by atoms with Crippen molar-refractivity contribution in [1.29, 1.82) is 0 Å². The quantitative estimate of drug-likeness (QED) is 0.776. The van der Waals surface area contributed by atoms with E-state index in [4.69, 9.17) is 10.5 Å². The summed E-state index contributed by atoms with van der Waals surface area (Å²) in [7, 11) is 1.35. The van der Waals surface area contributed by atoms with Crippen molar-refractivity contribution in [2.75, 3.05) is 19.0 Å². The normalized spacial score (nSPS) is 16.3. The van der Waals surface area contributed by atoms with E-state index in [1.165, 1.54) is 7.11 Å². The Kier molecular flexibility index (Phi) is 5.52. The number of nitrogens with one attached hydrogen (secondary N) is 1. The number of amides is 2. The third-order valence-electron chi connectivity index (χ3n) is 4.62. The summed E-state index contributed by atoms with van der Waals surface area (Å²) in [6, 6.07) is 13.7. The Bertz CT molecular complexity index is 864. The van der Waals surface area contributed by atoms with Crippen molar-refractivity contribution in [1.82, 2.24) is 4.90 Å². The first-order chi connectivity index (χ1) is 13.0. The fraction of sp³-hybridized carbons (Fsp3) is 0.250. The molecule has 0 radical (unpaired) electrons. The lowest BCUT2D eigenvalue weighted by Crippen LogP contribution is -2.49. The van der Waals surface area contributed by atoms with Crippen molar-refractivity contribution in [2.45, 2.75) is 19.0 Å². The molecule has 3 rings (SSSR count). The van der Waals surface area contributed by atoms with E-state index >= 15 is 0 Å². The SMILES string of the molecule is COC(=O)[C@H]1Cc2ccccc2CN1CC(=O)Nc1ccc(C(N)=O)cc1. The largest absolute Gasteiger partial charge is 0.468 e. The van der Waals surface area contributed by atoms with E-state index in [2.05, 4.69) is 5.32 Å². The van der Waals surface area contributed by atoms with Crippen LogP contribution in [0.25, 0.3) is 0 Å². The minimum absolute atomic E-state index is 0.0473. The van der Waals surface area contributed by atoms with Crippen molar-refractivity contribution in [2.24, 2.45) is 5.73 Å². The van der Waals surface area contributed by atoms with Crippen LogP contribution in [0.1, 0.15) is 21.5 Å². The molecule has 0 aliphatic carbocycles. The molecule has 2 amide bonds. The van der Waals surface area contributed by atoms with Gasteiger partial charge in [0.25, 0.3) is 0 Å². The molecule has 0 bridgehead atoms. The number of ether oxygens (including phenoxy) is 1. The van der Waals surface area contributed by atoms with E-state index in [9.17, 15) is 14.4 Å². The molecule has 0 spiro atoms. The molecule has 1 aliphatic heterocycles. The van der Waals surface area contributed by atoms with Crippen LogP contribution >= 0.6 is 0 Å². The summed E-state index contributed by atoms with van der Waals surface area (Å²) >= 11 is 0. The molecule has 0 fully saturated rings. The molecule has 1 heterocycles. The lowest BCUT2D eigenvalue weighted by molar-refractivity contribution is -0.148. The lowest BCUT2D eigenvalue weighted by atomic mass is 9.94. The van der Waals surface area contributed by atoms with E-state index in [0.717, 1.165) is 11.1 Å². The topological polar surface area (TPSA) is 102 Å². The average Bonchev–Trinajstić information content (AvgIpc) is 2.67. The molecule has 7 nitrogen and oxygen atoms in total. The van der Waals surface area contributed by atoms with Crippen molar-refractivity contribution < 1.29 is 19.1 Å². The van der Waals surface area contributed by atoms with Gasteiger partial charge in [0.1, 0.15) is 6.04 Å². The minimum Gasteiger partial charge on any atom is -0.468 e. The number of benzene rings is 2. The predicted octanol–water partition coefficient (Wildman–Crippen LogP) is 1.32. The molecule has 2 aromatic rings. The number of anilines is 1. The second-order valence-electron chi connectivity index (χ2n) is 6.41. The molecule has 1 aliphatic rings. The maximum Gasteiger partial charge on any atom is 0.323 e. The van der Waals surface area contributed by atoms with Gasteiger partial charge in [0.05, 0.1) is 13.7 Å². The lowest BCUT2D eigenvalue weighted by Gasteiger charge is -2.34. The van der Waals surface area contributed by atoms with Crippen LogP contribution in [0.3, 0.4) is 0 Å². The number of carbonyl (C=O) groups is 3. The van der Waals surface area contributed by atoms with Crippen LogP contribution in [0.15, 0.2) is 48.5 Å². The number of hydrogen-bond acceptors (Lipinski definition) is 5. The van der Waals surface area contributed by atoms with Crippen molar-refractivity contribution in [3.8, 4) is 0 Å². The Morgan fingerprint density at radius 2 is 1.78 bits per heavy atom. The number of primary amides is 1. The molecule has 1 atom stereocenters. The zero-order valence-electron chi connectivity index (χ0n) is 15.0. The Labute approximate surface area is 157 Å². The summed E-state index contributed by atoms with van der Waals surface area (Å²) in [4.78, 5) is 37.6. The third kappa shape index (κ3) is 4.32. The summed E-state index contributed by atoms with van der Waals surface area (Å²) in [6.45, 7) is 0.537. The average molecular weight is 367 g/mol. The van der Waals surface area contributed by atoms with Gasteiger partial charge in [-0.25, -0.2) is 0 Å². The molecular weight excluding hydrogens is 346 g/mol. The summed E-state index contributed by atoms with van der Waals surface area (Å²) in [5.41, 5.74) is 8.31. The van der Waals surface area contributed by atoms with Gasteiger partial charge in [-0.2, -0.15) is 0 Å². The number of methoxy groups -OCH3 is 1. The van der Waals surface area contributed by atoms with Gasteiger partial charge in [-0.05, 0) is 41.8 Å². The van der Waals surface area contributed by atoms with Crippen molar-refractivity contribution >= 4 is 23.5 Å². The molecule has 3 N–H and O–H groups in total. The number of rotatable bonds is 5. The van der Waals surface area contributed by atoms with Gasteiger partial charge in [-0.3, -0.25) is 19.3 Å². The summed E-state index contributed by atoms with van der Waals surface area (Å²) in [6.07, 6.45) is 0.503. The third-order valence-corrected chi connectivity index (χ3v) is 4.62. The van der Waals surface area contributed by atoms with Crippen LogP contribution in [0.2, 0.25) is 0 Å². The molecule has 0 saturated heterocycles. The number of hydrogen-bond donors (Lipinski definition) is 2. The van der Waals surface area contributed by atoms with Crippen molar-refractivity contribution in [3.63, 3.8) is 0 Å². The zero-order chi connectivity index (χ0) is 19.4. The first-order valence-electron chi connectivity index (χ1n) is 8.56. The van der Waals surface area contributed by atoms with Gasteiger partial charge >= 0.3 is 5.97 Å². The number of nitrogens with two attached hydrogens (primary N) is 1. The minimum atomic E-state index is -0.527. The summed E-state index contributed by atoms with van der Waals surface area (Å²) < 4.78 is 4.91. The monoisotopic (exact) mass is 367 g/mol. The number of fused-ring (bicyclic) bond motifs is 1. The molecule has 7 heteroatoms. The molecule has 140 valence electrons. The van der Waals surface area contributed by atoms with Crippen molar-refractivity contribution in [3.05, 3.63) is 65.2 Å². The Morgan fingerprint density at radius 3 is 2.41 bits per heavy atom. The van der Waals surface area contributed by atoms with Crippen LogP contribution in [0.4, 0.5) is 5.69 Å². The molecule has 0 aromatic heterocycles. The van der Waals surface area contributed by atoms with Gasteiger partial charge in [-0.15, -0.1) is 0 Å². The Morgan fingerprint density at radius 1 is 1.11 bits per heavy atom. The van der Waals surface area contributed by atoms with E-state index in [-0.39, 0.29) is 18.4 Å². The van der Waals surface area contributed by atoms with Crippen LogP contribution in [-0.2, 0) is 27.3 Å². The standard InChI is InChI=1S/C20H21N3O4/c1-27-20(26)17-10-14-4-2-3-5-15(14)11-23(17)12-18(24)22-16-8-6-13(7-9-16)19(21)25/h2-9,17H,10-12H2,1H3,(H2,21,25)(H,22,24)/t17-/m1/s1. The zero-order valence-corrected chi connectivity index (χ0v) is 15.0. The van der Waals surface area contributed by atoms with Gasteiger partial charge in [0.2, 0.25) is 11.8 Å². The van der Waals surface area contributed by atoms with E-state index in [0.29, 0.717) is 24.2 Å². The smallest absolute Gasteiger partial charge is 0.323 e. The van der Waals surface area contributed by atoms with Crippen LogP contribution in [0, 0.1) is 0 Å². The maximum absolute atomic E-state index is 12.5. The van der Waals surface area contributed by atoms with E-state index in [1.54, 1.807) is 29.2 Å². The summed E-state index contributed by atoms with van der Waals surface area (Å²) in [5, 5.41) is 2.77. The second kappa shape index (κ2) is 8.01. The molecular formula is C20H21N3O4. The van der Waals surface area contributed by atoms with Gasteiger partial charge in [0, 0.05) is 17.8 Å².